The Kier molecular flexibility index (Phi) is 5.91. The minimum Gasteiger partial charge on any atom is -0.423 e. The Hall–Kier alpha value is -2.90. The molecule has 0 aliphatic carbocycles. The zero-order chi connectivity index (χ0) is 21.3. The predicted octanol–water partition coefficient (Wildman–Crippen LogP) is 2.50. The van der Waals surface area contributed by atoms with Crippen LogP contribution in [0.15, 0.2) is 45.6 Å². The van der Waals surface area contributed by atoms with Gasteiger partial charge in [0.05, 0.1) is 5.56 Å². The fraction of sp³-hybridized carbons (Fsp3) is 0.273. The van der Waals surface area contributed by atoms with Crippen LogP contribution in [0.5, 0.6) is 0 Å². The van der Waals surface area contributed by atoms with Crippen LogP contribution in [0.3, 0.4) is 0 Å². The normalized spacial score (nSPS) is 11.0. The summed E-state index contributed by atoms with van der Waals surface area (Å²) in [5.41, 5.74) is 2.86. The number of ketones is 1. The van der Waals surface area contributed by atoms with Crippen molar-refractivity contribution in [3.63, 3.8) is 0 Å². The highest BCUT2D eigenvalue weighted by Crippen LogP contribution is 2.29. The van der Waals surface area contributed by atoms with Gasteiger partial charge >= 0.3 is 12.7 Å². The Morgan fingerprint density at radius 2 is 1.79 bits per heavy atom. The highest BCUT2D eigenvalue weighted by molar-refractivity contribution is 6.60. The number of carbonyl (C=O) groups excluding carboxylic acids is 1. The van der Waals surface area contributed by atoms with Crippen molar-refractivity contribution >= 4 is 35.0 Å². The molecule has 150 valence electrons. The Balaban J connectivity index is 2.21. The SMILES string of the molecule is CCN(CC)c1ccc2c(C)c(-c3ccc(B(O)O)c(C(C)=O)c3)c(=O)oc2c1. The van der Waals surface area contributed by atoms with Crippen LogP contribution in [0, 0.1) is 6.92 Å². The van der Waals surface area contributed by atoms with Gasteiger partial charge in [-0.1, -0.05) is 12.1 Å². The highest BCUT2D eigenvalue weighted by Gasteiger charge is 2.21. The average molecular weight is 393 g/mol. The molecule has 0 radical (unpaired) electrons. The van der Waals surface area contributed by atoms with Crippen LogP contribution in [-0.4, -0.2) is 36.0 Å². The molecule has 0 unspecified atom stereocenters. The summed E-state index contributed by atoms with van der Waals surface area (Å²) in [4.78, 5) is 26.9. The molecule has 1 aromatic heterocycles. The van der Waals surface area contributed by atoms with E-state index < -0.39 is 12.7 Å². The van der Waals surface area contributed by atoms with Gasteiger partial charge < -0.3 is 19.4 Å². The van der Waals surface area contributed by atoms with Crippen molar-refractivity contribution < 1.29 is 19.3 Å². The zero-order valence-corrected chi connectivity index (χ0v) is 17.0. The van der Waals surface area contributed by atoms with Gasteiger partial charge in [-0.05, 0) is 62.5 Å². The second kappa shape index (κ2) is 8.23. The summed E-state index contributed by atoms with van der Waals surface area (Å²) in [6.07, 6.45) is 0. The van der Waals surface area contributed by atoms with E-state index in [4.69, 9.17) is 4.42 Å². The van der Waals surface area contributed by atoms with Crippen LogP contribution in [-0.2, 0) is 0 Å². The highest BCUT2D eigenvalue weighted by atomic mass is 16.4. The molecule has 0 fully saturated rings. The molecule has 0 aliphatic heterocycles. The summed E-state index contributed by atoms with van der Waals surface area (Å²) < 4.78 is 5.62. The summed E-state index contributed by atoms with van der Waals surface area (Å²) in [7, 11) is -1.77. The number of anilines is 1. The van der Waals surface area contributed by atoms with Crippen molar-refractivity contribution in [3.05, 3.63) is 57.9 Å². The molecule has 29 heavy (non-hydrogen) atoms. The van der Waals surface area contributed by atoms with E-state index in [-0.39, 0.29) is 16.8 Å². The largest absolute Gasteiger partial charge is 0.489 e. The van der Waals surface area contributed by atoms with Crippen LogP contribution in [0.4, 0.5) is 5.69 Å². The number of hydrogen-bond donors (Lipinski definition) is 2. The minimum absolute atomic E-state index is 0.105. The van der Waals surface area contributed by atoms with Gasteiger partial charge in [0.2, 0.25) is 0 Å². The van der Waals surface area contributed by atoms with Gasteiger partial charge in [-0.2, -0.15) is 0 Å². The first-order valence-electron chi connectivity index (χ1n) is 9.62. The number of rotatable bonds is 6. The maximum absolute atomic E-state index is 12.8. The third-order valence-electron chi connectivity index (χ3n) is 5.28. The van der Waals surface area contributed by atoms with Crippen molar-refractivity contribution in [2.75, 3.05) is 18.0 Å². The lowest BCUT2D eigenvalue weighted by Gasteiger charge is -2.21. The number of carbonyl (C=O) groups is 1. The van der Waals surface area contributed by atoms with Crippen LogP contribution in [0.25, 0.3) is 22.1 Å². The third-order valence-corrected chi connectivity index (χ3v) is 5.28. The Morgan fingerprint density at radius 3 is 2.38 bits per heavy atom. The standard InChI is InChI=1S/C22H24BNO5/c1-5-24(6-2)16-8-9-17-13(3)21(22(26)29-20(17)12-16)15-7-10-19(23(27)28)18(11-15)14(4)25/h7-12,27-28H,5-6H2,1-4H3. The lowest BCUT2D eigenvalue weighted by Crippen LogP contribution is -2.34. The first kappa shape index (κ1) is 20.8. The van der Waals surface area contributed by atoms with Crippen LogP contribution < -0.4 is 16.0 Å². The molecule has 6 nitrogen and oxygen atoms in total. The molecule has 0 atom stereocenters. The molecule has 0 aliphatic rings. The first-order valence-corrected chi connectivity index (χ1v) is 9.62. The molecule has 1 heterocycles. The molecule has 7 heteroatoms. The van der Waals surface area contributed by atoms with Crippen molar-refractivity contribution in [1.82, 2.24) is 0 Å². The van der Waals surface area contributed by atoms with Gasteiger partial charge in [0.15, 0.2) is 5.78 Å². The number of Topliss-reactive ketones (excluding diaryl/α,β-unsaturated/α-hetero) is 1. The van der Waals surface area contributed by atoms with Crippen LogP contribution >= 0.6 is 0 Å². The lowest BCUT2D eigenvalue weighted by atomic mass is 9.75. The predicted molar refractivity (Wildman–Crippen MR) is 116 cm³/mol. The van der Waals surface area contributed by atoms with E-state index in [1.165, 1.54) is 19.1 Å². The molecule has 3 aromatic rings. The summed E-state index contributed by atoms with van der Waals surface area (Å²) in [6, 6.07) is 10.3. The molecular formula is C22H24BNO5. The zero-order valence-electron chi connectivity index (χ0n) is 17.0. The Labute approximate surface area is 169 Å². The molecule has 2 aromatic carbocycles. The number of aryl methyl sites for hydroxylation is 1. The van der Waals surface area contributed by atoms with E-state index in [0.29, 0.717) is 16.7 Å². The summed E-state index contributed by atoms with van der Waals surface area (Å²) >= 11 is 0. The van der Waals surface area contributed by atoms with Crippen LogP contribution in [0.2, 0.25) is 0 Å². The lowest BCUT2D eigenvalue weighted by molar-refractivity contribution is 0.101. The number of hydrogen-bond acceptors (Lipinski definition) is 6. The number of benzene rings is 2. The van der Waals surface area contributed by atoms with E-state index >= 15 is 0 Å². The van der Waals surface area contributed by atoms with E-state index in [9.17, 15) is 19.6 Å². The number of nitrogens with zero attached hydrogens (tertiary/aromatic N) is 1. The maximum Gasteiger partial charge on any atom is 0.489 e. The Morgan fingerprint density at radius 1 is 1.10 bits per heavy atom. The smallest absolute Gasteiger partial charge is 0.423 e. The second-order valence-corrected chi connectivity index (χ2v) is 6.97. The minimum atomic E-state index is -1.77. The summed E-state index contributed by atoms with van der Waals surface area (Å²) in [5, 5.41) is 19.8. The molecule has 3 rings (SSSR count). The summed E-state index contributed by atoms with van der Waals surface area (Å²) in [5.74, 6) is -0.318. The van der Waals surface area contributed by atoms with E-state index in [0.717, 1.165) is 29.7 Å². The van der Waals surface area contributed by atoms with E-state index in [1.807, 2.05) is 25.1 Å². The molecule has 0 spiro atoms. The molecular weight excluding hydrogens is 369 g/mol. The van der Waals surface area contributed by atoms with Gasteiger partial charge in [-0.25, -0.2) is 4.79 Å². The van der Waals surface area contributed by atoms with E-state index in [2.05, 4.69) is 18.7 Å². The van der Waals surface area contributed by atoms with E-state index in [1.54, 1.807) is 6.07 Å². The van der Waals surface area contributed by atoms with Crippen molar-refractivity contribution in [1.29, 1.82) is 0 Å². The van der Waals surface area contributed by atoms with Gasteiger partial charge in [-0.3, -0.25) is 4.79 Å². The van der Waals surface area contributed by atoms with Gasteiger partial charge in [-0.15, -0.1) is 0 Å². The fourth-order valence-electron chi connectivity index (χ4n) is 3.71. The topological polar surface area (TPSA) is 91.0 Å². The quantitative estimate of drug-likeness (QED) is 0.380. The van der Waals surface area contributed by atoms with Crippen molar-refractivity contribution in [2.24, 2.45) is 0 Å². The van der Waals surface area contributed by atoms with Crippen LogP contribution in [0.1, 0.15) is 36.7 Å². The molecule has 0 bridgehead atoms. The average Bonchev–Trinajstić information content (AvgIpc) is 2.68. The van der Waals surface area contributed by atoms with Crippen molar-refractivity contribution in [3.8, 4) is 11.1 Å². The molecule has 0 saturated heterocycles. The Bertz CT molecular complexity index is 1130. The maximum atomic E-state index is 12.8. The fourth-order valence-corrected chi connectivity index (χ4v) is 3.71. The van der Waals surface area contributed by atoms with Gasteiger partial charge in [0, 0.05) is 35.8 Å². The molecule has 0 amide bonds. The number of fused-ring (bicyclic) bond motifs is 1. The van der Waals surface area contributed by atoms with Gasteiger partial charge in [0.1, 0.15) is 5.58 Å². The molecule has 0 saturated carbocycles. The van der Waals surface area contributed by atoms with Crippen molar-refractivity contribution in [2.45, 2.75) is 27.7 Å². The monoisotopic (exact) mass is 393 g/mol. The third kappa shape index (κ3) is 3.84. The first-order chi connectivity index (χ1) is 13.8. The summed E-state index contributed by atoms with van der Waals surface area (Å²) in [6.45, 7) is 9.01. The second-order valence-electron chi connectivity index (χ2n) is 6.97. The molecule has 2 N–H and O–H groups in total. The van der Waals surface area contributed by atoms with Gasteiger partial charge in [0.25, 0.3) is 0 Å².